The van der Waals surface area contributed by atoms with Crippen molar-refractivity contribution in [3.05, 3.63) is 87.0 Å². The third-order valence-electron chi connectivity index (χ3n) is 3.76. The summed E-state index contributed by atoms with van der Waals surface area (Å²) in [6.07, 6.45) is 3.39. The van der Waals surface area contributed by atoms with Crippen LogP contribution in [0, 0.1) is 3.57 Å². The predicted octanol–water partition coefficient (Wildman–Crippen LogP) is 4.13. The van der Waals surface area contributed by atoms with Gasteiger partial charge in [0.25, 0.3) is 5.56 Å². The minimum absolute atomic E-state index is 0.110. The third kappa shape index (κ3) is 3.12. The molecule has 5 nitrogen and oxygen atoms in total. The summed E-state index contributed by atoms with van der Waals surface area (Å²) in [5, 5.41) is 3.80. The van der Waals surface area contributed by atoms with Gasteiger partial charge in [-0.25, -0.2) is 9.55 Å². The second kappa shape index (κ2) is 6.64. The number of nitrogens with one attached hydrogen (secondary N) is 1. The van der Waals surface area contributed by atoms with E-state index in [1.54, 1.807) is 17.0 Å². The Hall–Kier alpha value is -2.74. The summed E-state index contributed by atoms with van der Waals surface area (Å²) in [4.78, 5) is 21.9. The van der Waals surface area contributed by atoms with Gasteiger partial charge in [-0.3, -0.25) is 9.78 Å². The Balaban J connectivity index is 1.99. The molecular weight excluding hydrogens is 427 g/mol. The van der Waals surface area contributed by atoms with Gasteiger partial charge < -0.3 is 5.32 Å². The van der Waals surface area contributed by atoms with Gasteiger partial charge in [-0.1, -0.05) is 18.2 Å². The van der Waals surface area contributed by atoms with Crippen molar-refractivity contribution in [2.45, 2.75) is 0 Å². The highest BCUT2D eigenvalue weighted by atomic mass is 127. The number of pyridine rings is 1. The zero-order valence-electron chi connectivity index (χ0n) is 13.1. The first kappa shape index (κ1) is 15.8. The zero-order valence-corrected chi connectivity index (χ0v) is 15.2. The van der Waals surface area contributed by atoms with Crippen LogP contribution in [0.15, 0.2) is 77.9 Å². The molecule has 4 rings (SSSR count). The standard InChI is InChI=1S/C19H13IN4O/c20-13-8-9-17-16(11-13)18(25)24(15-6-2-1-3-7-15)19(23-17)22-14-5-4-10-21-12-14/h1-12H,(H,22,23). The number of anilines is 2. The number of para-hydroxylation sites is 1. The Morgan fingerprint density at radius 3 is 2.60 bits per heavy atom. The maximum atomic E-state index is 13.2. The molecule has 1 N–H and O–H groups in total. The third-order valence-corrected chi connectivity index (χ3v) is 4.43. The van der Waals surface area contributed by atoms with Gasteiger partial charge in [0, 0.05) is 9.77 Å². The van der Waals surface area contributed by atoms with E-state index in [9.17, 15) is 4.79 Å². The lowest BCUT2D eigenvalue weighted by Crippen LogP contribution is -2.22. The van der Waals surface area contributed by atoms with Crippen molar-refractivity contribution in [1.29, 1.82) is 0 Å². The minimum Gasteiger partial charge on any atom is -0.324 e. The summed E-state index contributed by atoms with van der Waals surface area (Å²) in [7, 11) is 0. The van der Waals surface area contributed by atoms with Gasteiger partial charge in [-0.15, -0.1) is 0 Å². The van der Waals surface area contributed by atoms with E-state index in [2.05, 4.69) is 37.9 Å². The van der Waals surface area contributed by atoms with Crippen molar-refractivity contribution in [2.24, 2.45) is 0 Å². The Kier molecular flexibility index (Phi) is 4.19. The van der Waals surface area contributed by atoms with E-state index in [1.807, 2.05) is 60.7 Å². The maximum Gasteiger partial charge on any atom is 0.267 e. The molecule has 0 fully saturated rings. The Morgan fingerprint density at radius 1 is 1.00 bits per heavy atom. The van der Waals surface area contributed by atoms with Crippen molar-refractivity contribution in [1.82, 2.24) is 14.5 Å². The molecule has 0 aliphatic rings. The smallest absolute Gasteiger partial charge is 0.267 e. The normalized spacial score (nSPS) is 10.8. The van der Waals surface area contributed by atoms with Gasteiger partial charge in [0.15, 0.2) is 0 Å². The van der Waals surface area contributed by atoms with E-state index < -0.39 is 0 Å². The Morgan fingerprint density at radius 2 is 1.84 bits per heavy atom. The second-order valence-electron chi connectivity index (χ2n) is 5.44. The summed E-state index contributed by atoms with van der Waals surface area (Å²) in [6.45, 7) is 0. The van der Waals surface area contributed by atoms with Crippen LogP contribution in [0.1, 0.15) is 0 Å². The van der Waals surface area contributed by atoms with Crippen LogP contribution in [0.5, 0.6) is 0 Å². The largest absolute Gasteiger partial charge is 0.324 e. The van der Waals surface area contributed by atoms with Crippen LogP contribution in [0.25, 0.3) is 16.6 Å². The van der Waals surface area contributed by atoms with E-state index >= 15 is 0 Å². The number of nitrogens with zero attached hydrogens (tertiary/aromatic N) is 3. The fourth-order valence-electron chi connectivity index (χ4n) is 2.62. The number of hydrogen-bond donors (Lipinski definition) is 1. The summed E-state index contributed by atoms with van der Waals surface area (Å²) in [5.74, 6) is 0.456. The lowest BCUT2D eigenvalue weighted by atomic mass is 10.2. The fraction of sp³-hybridized carbons (Fsp3) is 0. The number of halogens is 1. The first-order valence-corrected chi connectivity index (χ1v) is 8.75. The topological polar surface area (TPSA) is 59.8 Å². The molecule has 0 atom stereocenters. The molecule has 4 aromatic rings. The van der Waals surface area contributed by atoms with E-state index in [1.165, 1.54) is 0 Å². The molecule has 0 radical (unpaired) electrons. The molecule has 0 aliphatic carbocycles. The van der Waals surface area contributed by atoms with E-state index in [4.69, 9.17) is 0 Å². The van der Waals surface area contributed by atoms with Crippen molar-refractivity contribution in [3.8, 4) is 5.69 Å². The van der Waals surface area contributed by atoms with Gasteiger partial charge in [-0.05, 0) is 65.1 Å². The average molecular weight is 440 g/mol. The van der Waals surface area contributed by atoms with E-state index in [-0.39, 0.29) is 5.56 Å². The van der Waals surface area contributed by atoms with Crippen molar-refractivity contribution >= 4 is 45.1 Å². The van der Waals surface area contributed by atoms with Crippen molar-refractivity contribution < 1.29 is 0 Å². The molecule has 0 bridgehead atoms. The van der Waals surface area contributed by atoms with Crippen molar-refractivity contribution in [2.75, 3.05) is 5.32 Å². The van der Waals surface area contributed by atoms with Crippen LogP contribution in [0.2, 0.25) is 0 Å². The molecule has 0 amide bonds. The molecule has 6 heteroatoms. The van der Waals surface area contributed by atoms with Crippen LogP contribution in [-0.2, 0) is 0 Å². The SMILES string of the molecule is O=c1c2cc(I)ccc2nc(Nc2cccnc2)n1-c1ccccc1. The van der Waals surface area contributed by atoms with Crippen LogP contribution < -0.4 is 10.9 Å². The minimum atomic E-state index is -0.110. The Labute approximate surface area is 157 Å². The van der Waals surface area contributed by atoms with Crippen molar-refractivity contribution in [3.63, 3.8) is 0 Å². The van der Waals surface area contributed by atoms with Gasteiger partial charge in [0.05, 0.1) is 28.5 Å². The first-order valence-electron chi connectivity index (χ1n) is 7.67. The van der Waals surface area contributed by atoms with Gasteiger partial charge in [-0.2, -0.15) is 0 Å². The summed E-state index contributed by atoms with van der Waals surface area (Å²) < 4.78 is 2.59. The summed E-state index contributed by atoms with van der Waals surface area (Å²) >= 11 is 2.20. The van der Waals surface area contributed by atoms with E-state index in [0.29, 0.717) is 16.9 Å². The molecule has 0 spiro atoms. The highest BCUT2D eigenvalue weighted by Gasteiger charge is 2.13. The number of rotatable bonds is 3. The number of benzene rings is 2. The zero-order chi connectivity index (χ0) is 17.2. The van der Waals surface area contributed by atoms with Crippen LogP contribution in [0.3, 0.4) is 0 Å². The average Bonchev–Trinajstić information content (AvgIpc) is 2.64. The monoisotopic (exact) mass is 440 g/mol. The molecule has 0 saturated heterocycles. The second-order valence-corrected chi connectivity index (χ2v) is 6.69. The number of hydrogen-bond acceptors (Lipinski definition) is 4. The van der Waals surface area contributed by atoms with Crippen LogP contribution in [0.4, 0.5) is 11.6 Å². The number of aromatic nitrogens is 3. The summed E-state index contributed by atoms with van der Waals surface area (Å²) in [6, 6.07) is 18.9. The lowest BCUT2D eigenvalue weighted by Gasteiger charge is -2.15. The van der Waals surface area contributed by atoms with Gasteiger partial charge >= 0.3 is 0 Å². The lowest BCUT2D eigenvalue weighted by molar-refractivity contribution is 0.973. The maximum absolute atomic E-state index is 13.2. The molecule has 0 unspecified atom stereocenters. The van der Waals surface area contributed by atoms with Crippen LogP contribution >= 0.6 is 22.6 Å². The molecule has 2 heterocycles. The highest BCUT2D eigenvalue weighted by Crippen LogP contribution is 2.20. The molecule has 0 saturated carbocycles. The van der Waals surface area contributed by atoms with Gasteiger partial charge in [0.1, 0.15) is 0 Å². The summed E-state index contributed by atoms with van der Waals surface area (Å²) in [5.41, 5.74) is 2.07. The molecule has 2 aromatic heterocycles. The molecule has 0 aliphatic heterocycles. The number of fused-ring (bicyclic) bond motifs is 1. The van der Waals surface area contributed by atoms with E-state index in [0.717, 1.165) is 14.9 Å². The highest BCUT2D eigenvalue weighted by molar-refractivity contribution is 14.1. The molecule has 122 valence electrons. The predicted molar refractivity (Wildman–Crippen MR) is 108 cm³/mol. The molecular formula is C19H13IN4O. The first-order chi connectivity index (χ1) is 12.2. The Bertz CT molecular complexity index is 1090. The van der Waals surface area contributed by atoms with Crippen LogP contribution in [-0.4, -0.2) is 14.5 Å². The molecule has 25 heavy (non-hydrogen) atoms. The van der Waals surface area contributed by atoms with Gasteiger partial charge in [0.2, 0.25) is 5.95 Å². The quantitative estimate of drug-likeness (QED) is 0.487. The molecule has 2 aromatic carbocycles. The fourth-order valence-corrected chi connectivity index (χ4v) is 3.12.